The summed E-state index contributed by atoms with van der Waals surface area (Å²) in [6, 6.07) is 9.53. The first-order valence-corrected chi connectivity index (χ1v) is 11.5. The van der Waals surface area contributed by atoms with Crippen LogP contribution in [0.25, 0.3) is 10.9 Å². The van der Waals surface area contributed by atoms with Gasteiger partial charge in [0.2, 0.25) is 11.8 Å². The Bertz CT molecular complexity index is 1290. The Balaban J connectivity index is 1.42. The number of hydrogen-bond acceptors (Lipinski definition) is 5. The third-order valence-electron chi connectivity index (χ3n) is 6.44. The zero-order valence-corrected chi connectivity index (χ0v) is 19.3. The zero-order chi connectivity index (χ0) is 23.3. The molecule has 3 aromatic rings. The van der Waals surface area contributed by atoms with Gasteiger partial charge >= 0.3 is 0 Å². The van der Waals surface area contributed by atoms with Gasteiger partial charge in [-0.25, -0.2) is 4.98 Å². The molecule has 0 spiro atoms. The first-order valence-electron chi connectivity index (χ1n) is 10.7. The van der Waals surface area contributed by atoms with E-state index in [9.17, 15) is 14.4 Å². The monoisotopic (exact) mass is 485 g/mol. The SMILES string of the molecule is CC(=O)c1nn(CC(=O)N2[C@@H]3CC[C@@H](C3)[C@H]2C(=O)Nc2cccc(Cl)n2)c2ccc(Cl)cc12. The molecule has 5 rings (SSSR count). The minimum absolute atomic E-state index is 0.00844. The molecule has 2 aliphatic rings. The topological polar surface area (TPSA) is 97.2 Å². The maximum absolute atomic E-state index is 13.5. The number of nitrogens with zero attached hydrogens (tertiary/aromatic N) is 4. The van der Waals surface area contributed by atoms with Gasteiger partial charge in [0.15, 0.2) is 5.78 Å². The molecule has 8 nitrogen and oxygen atoms in total. The van der Waals surface area contributed by atoms with Gasteiger partial charge in [-0.15, -0.1) is 0 Å². The van der Waals surface area contributed by atoms with Crippen molar-refractivity contribution in [3.63, 3.8) is 0 Å². The number of fused-ring (bicyclic) bond motifs is 3. The number of Topliss-reactive ketones (excluding diaryl/α,β-unsaturated/α-hetero) is 1. The van der Waals surface area contributed by atoms with Crippen molar-refractivity contribution < 1.29 is 14.4 Å². The molecule has 1 saturated carbocycles. The molecular formula is C23H21Cl2N5O3. The Morgan fingerprint density at radius 1 is 1.15 bits per heavy atom. The molecule has 2 amide bonds. The molecule has 33 heavy (non-hydrogen) atoms. The summed E-state index contributed by atoms with van der Waals surface area (Å²) in [5.74, 6) is -0.245. The molecule has 1 N–H and O–H groups in total. The average Bonchev–Trinajstić information content (AvgIpc) is 3.46. The highest BCUT2D eigenvalue weighted by molar-refractivity contribution is 6.31. The molecule has 0 radical (unpaired) electrons. The Hall–Kier alpha value is -2.97. The van der Waals surface area contributed by atoms with Gasteiger partial charge in [0, 0.05) is 23.4 Å². The average molecular weight is 486 g/mol. The van der Waals surface area contributed by atoms with Gasteiger partial charge in [-0.3, -0.25) is 19.1 Å². The van der Waals surface area contributed by atoms with Crippen molar-refractivity contribution in [1.82, 2.24) is 19.7 Å². The van der Waals surface area contributed by atoms with E-state index in [0.29, 0.717) is 21.7 Å². The second kappa shape index (κ2) is 8.43. The Morgan fingerprint density at radius 2 is 1.97 bits per heavy atom. The zero-order valence-electron chi connectivity index (χ0n) is 17.8. The summed E-state index contributed by atoms with van der Waals surface area (Å²) in [6.45, 7) is 1.35. The van der Waals surface area contributed by atoms with E-state index >= 15 is 0 Å². The van der Waals surface area contributed by atoms with Crippen molar-refractivity contribution in [3.05, 3.63) is 52.3 Å². The van der Waals surface area contributed by atoms with Gasteiger partial charge in [0.1, 0.15) is 29.3 Å². The molecule has 2 aromatic heterocycles. The number of anilines is 1. The van der Waals surface area contributed by atoms with Crippen molar-refractivity contribution in [3.8, 4) is 0 Å². The van der Waals surface area contributed by atoms with Gasteiger partial charge in [0.05, 0.1) is 5.52 Å². The van der Waals surface area contributed by atoms with Crippen molar-refractivity contribution in [2.45, 2.75) is 44.8 Å². The van der Waals surface area contributed by atoms with Crippen LogP contribution in [0.1, 0.15) is 36.7 Å². The second-order valence-electron chi connectivity index (χ2n) is 8.53. The molecule has 1 saturated heterocycles. The predicted octanol–water partition coefficient (Wildman–Crippen LogP) is 3.96. The van der Waals surface area contributed by atoms with Crippen molar-refractivity contribution in [1.29, 1.82) is 0 Å². The fourth-order valence-electron chi connectivity index (χ4n) is 5.10. The number of halogens is 2. The van der Waals surface area contributed by atoms with Crippen LogP contribution in [0.2, 0.25) is 10.2 Å². The number of rotatable bonds is 5. The van der Waals surface area contributed by atoms with Gasteiger partial charge in [0.25, 0.3) is 0 Å². The number of carbonyl (C=O) groups is 3. The molecule has 1 aliphatic heterocycles. The number of pyridine rings is 1. The van der Waals surface area contributed by atoms with Crippen molar-refractivity contribution >= 4 is 57.5 Å². The van der Waals surface area contributed by atoms with Crippen molar-refractivity contribution in [2.75, 3.05) is 5.32 Å². The normalized spacial score (nSPS) is 21.5. The number of piperidine rings is 1. The van der Waals surface area contributed by atoms with E-state index in [1.54, 1.807) is 41.3 Å². The summed E-state index contributed by atoms with van der Waals surface area (Å²) in [5, 5.41) is 8.56. The molecule has 0 unspecified atom stereocenters. The lowest BCUT2D eigenvalue weighted by molar-refractivity contribution is -0.141. The Labute approximate surface area is 199 Å². The van der Waals surface area contributed by atoms with Crippen LogP contribution < -0.4 is 5.32 Å². The number of aromatic nitrogens is 3. The lowest BCUT2D eigenvalue weighted by Gasteiger charge is -2.34. The van der Waals surface area contributed by atoms with E-state index in [-0.39, 0.29) is 46.9 Å². The highest BCUT2D eigenvalue weighted by Crippen LogP contribution is 2.43. The van der Waals surface area contributed by atoms with Gasteiger partial charge in [-0.2, -0.15) is 5.10 Å². The standard InChI is InChI=1S/C23H21Cl2N5O3/c1-12(31)21-16-10-14(24)6-8-17(16)29(28-21)11-20(32)30-15-7-5-13(9-15)22(30)23(33)27-19-4-2-3-18(25)26-19/h2-4,6,8,10,13,15,22H,5,7,9,11H2,1H3,(H,26,27,33)/t13-,15+,22-/m0/s1. The van der Waals surface area contributed by atoms with E-state index in [1.165, 1.54) is 11.6 Å². The van der Waals surface area contributed by atoms with Crippen LogP contribution in [-0.4, -0.2) is 49.3 Å². The maximum Gasteiger partial charge on any atom is 0.248 e. The number of carbonyl (C=O) groups excluding carboxylic acids is 3. The van der Waals surface area contributed by atoms with E-state index in [0.717, 1.165) is 19.3 Å². The van der Waals surface area contributed by atoms with Gasteiger partial charge < -0.3 is 10.2 Å². The fraction of sp³-hybridized carbons (Fsp3) is 0.348. The predicted molar refractivity (Wildman–Crippen MR) is 124 cm³/mol. The molecule has 170 valence electrons. The van der Waals surface area contributed by atoms with E-state index in [4.69, 9.17) is 23.2 Å². The molecular weight excluding hydrogens is 465 g/mol. The summed E-state index contributed by atoms with van der Waals surface area (Å²) < 4.78 is 1.52. The van der Waals surface area contributed by atoms with Crippen LogP contribution in [0.5, 0.6) is 0 Å². The number of hydrogen-bond donors (Lipinski definition) is 1. The van der Waals surface area contributed by atoms with Crippen LogP contribution in [0.3, 0.4) is 0 Å². The Kier molecular flexibility index (Phi) is 5.58. The summed E-state index contributed by atoms with van der Waals surface area (Å²) >= 11 is 12.0. The number of amides is 2. The second-order valence-corrected chi connectivity index (χ2v) is 9.36. The first-order chi connectivity index (χ1) is 15.8. The smallest absolute Gasteiger partial charge is 0.248 e. The van der Waals surface area contributed by atoms with E-state index < -0.39 is 6.04 Å². The fourth-order valence-corrected chi connectivity index (χ4v) is 5.44. The van der Waals surface area contributed by atoms with Crippen LogP contribution in [0.15, 0.2) is 36.4 Å². The molecule has 3 atom stereocenters. The van der Waals surface area contributed by atoms with Crippen LogP contribution in [-0.2, 0) is 16.1 Å². The van der Waals surface area contributed by atoms with Crippen LogP contribution in [0, 0.1) is 5.92 Å². The highest BCUT2D eigenvalue weighted by atomic mass is 35.5. The first kappa shape index (κ1) is 21.9. The van der Waals surface area contributed by atoms with Gasteiger partial charge in [-0.1, -0.05) is 29.3 Å². The van der Waals surface area contributed by atoms with Gasteiger partial charge in [-0.05, 0) is 55.5 Å². The minimum Gasteiger partial charge on any atom is -0.326 e. The van der Waals surface area contributed by atoms with Crippen LogP contribution >= 0.6 is 23.2 Å². The number of benzene rings is 1. The quantitative estimate of drug-likeness (QED) is 0.435. The third kappa shape index (κ3) is 3.98. The summed E-state index contributed by atoms with van der Waals surface area (Å²) in [5.41, 5.74) is 0.913. The Morgan fingerprint density at radius 3 is 2.73 bits per heavy atom. The van der Waals surface area contributed by atoms with E-state index in [2.05, 4.69) is 15.4 Å². The third-order valence-corrected chi connectivity index (χ3v) is 6.88. The molecule has 2 bridgehead atoms. The summed E-state index contributed by atoms with van der Waals surface area (Å²) in [4.78, 5) is 44.5. The highest BCUT2D eigenvalue weighted by Gasteiger charge is 2.51. The summed E-state index contributed by atoms with van der Waals surface area (Å²) in [7, 11) is 0. The molecule has 3 heterocycles. The lowest BCUT2D eigenvalue weighted by Crippen LogP contribution is -2.52. The molecule has 1 aromatic carbocycles. The molecule has 1 aliphatic carbocycles. The number of nitrogens with one attached hydrogen (secondary N) is 1. The van der Waals surface area contributed by atoms with Crippen LogP contribution in [0.4, 0.5) is 5.82 Å². The lowest BCUT2D eigenvalue weighted by atomic mass is 9.97. The largest absolute Gasteiger partial charge is 0.326 e. The van der Waals surface area contributed by atoms with E-state index in [1.807, 2.05) is 0 Å². The summed E-state index contributed by atoms with van der Waals surface area (Å²) in [6.07, 6.45) is 2.55. The molecule has 10 heteroatoms. The maximum atomic E-state index is 13.5. The minimum atomic E-state index is -0.583. The van der Waals surface area contributed by atoms with Crippen molar-refractivity contribution in [2.24, 2.45) is 5.92 Å². The number of likely N-dealkylation sites (tertiary alicyclic amines) is 1. The number of ketones is 1. The molecule has 2 fully saturated rings.